The number of thiazole rings is 1. The Morgan fingerprint density at radius 1 is 1.31 bits per heavy atom. The largest absolute Gasteiger partial charge is 0.462 e. The van der Waals surface area contributed by atoms with Crippen molar-refractivity contribution >= 4 is 51.1 Å². The minimum atomic E-state index is -3.59. The second kappa shape index (κ2) is 9.08. The first kappa shape index (κ1) is 22.0. The molecule has 0 spiro atoms. The summed E-state index contributed by atoms with van der Waals surface area (Å²) in [5.74, 6) is -1.21. The molecular weight excluding hydrogens is 402 g/mol. The van der Waals surface area contributed by atoms with Crippen LogP contribution in [0.3, 0.4) is 0 Å². The third kappa shape index (κ3) is 5.49. The van der Waals surface area contributed by atoms with Crippen molar-refractivity contribution in [2.75, 3.05) is 18.2 Å². The van der Waals surface area contributed by atoms with Crippen LogP contribution in [-0.4, -0.2) is 38.1 Å². The number of hydrogen-bond donors (Lipinski definition) is 2. The van der Waals surface area contributed by atoms with Crippen LogP contribution >= 0.6 is 23.7 Å². The molecule has 1 heterocycles. The Morgan fingerprint density at radius 3 is 2.54 bits per heavy atom. The summed E-state index contributed by atoms with van der Waals surface area (Å²) in [6.45, 7) is 2.00. The molecule has 0 aliphatic rings. The molecular formula is C15H18ClN3O5S2. The van der Waals surface area contributed by atoms with Gasteiger partial charge >= 0.3 is 5.97 Å². The molecule has 0 unspecified atom stereocenters. The summed E-state index contributed by atoms with van der Waals surface area (Å²) in [5, 5.41) is 4.68. The van der Waals surface area contributed by atoms with E-state index in [0.717, 1.165) is 6.26 Å². The number of benzene rings is 1. The number of esters is 1. The number of rotatable bonds is 6. The van der Waals surface area contributed by atoms with E-state index < -0.39 is 21.7 Å². The molecule has 0 aliphatic heterocycles. The van der Waals surface area contributed by atoms with E-state index in [2.05, 4.69) is 10.3 Å². The van der Waals surface area contributed by atoms with Gasteiger partial charge in [-0.2, -0.15) is 0 Å². The highest BCUT2D eigenvalue weighted by molar-refractivity contribution is 7.90. The van der Waals surface area contributed by atoms with Gasteiger partial charge in [-0.05, 0) is 25.1 Å². The van der Waals surface area contributed by atoms with E-state index >= 15 is 0 Å². The van der Waals surface area contributed by atoms with Gasteiger partial charge in [-0.15, -0.1) is 23.7 Å². The van der Waals surface area contributed by atoms with E-state index in [9.17, 15) is 18.0 Å². The smallest absolute Gasteiger partial charge is 0.338 e. The van der Waals surface area contributed by atoms with Gasteiger partial charge in [-0.1, -0.05) is 0 Å². The van der Waals surface area contributed by atoms with Gasteiger partial charge in [0.05, 0.1) is 17.1 Å². The molecule has 2 rings (SSSR count). The number of anilines is 1. The van der Waals surface area contributed by atoms with Gasteiger partial charge in [0.1, 0.15) is 10.7 Å². The lowest BCUT2D eigenvalue weighted by Crippen LogP contribution is -2.14. The van der Waals surface area contributed by atoms with E-state index in [1.807, 2.05) is 0 Å². The van der Waals surface area contributed by atoms with E-state index in [-0.39, 0.29) is 47.4 Å². The number of aromatic nitrogens is 1. The average Bonchev–Trinajstić information content (AvgIpc) is 3.03. The normalized spacial score (nSPS) is 10.7. The molecule has 142 valence electrons. The van der Waals surface area contributed by atoms with Crippen molar-refractivity contribution in [2.45, 2.75) is 18.4 Å². The molecule has 0 saturated heterocycles. The first-order valence-electron chi connectivity index (χ1n) is 7.22. The van der Waals surface area contributed by atoms with Gasteiger partial charge in [-0.3, -0.25) is 4.79 Å². The Labute approximate surface area is 161 Å². The second-order valence-electron chi connectivity index (χ2n) is 5.02. The maximum Gasteiger partial charge on any atom is 0.338 e. The van der Waals surface area contributed by atoms with Crippen molar-refractivity contribution in [2.24, 2.45) is 5.73 Å². The molecule has 2 aromatic rings. The number of ether oxygens (including phenoxy) is 1. The molecule has 0 aliphatic carbocycles. The molecule has 1 amide bonds. The summed E-state index contributed by atoms with van der Waals surface area (Å²) in [7, 11) is -3.59. The molecule has 1 aromatic heterocycles. The zero-order chi connectivity index (χ0) is 18.6. The standard InChI is InChI=1S/C15H17N3O5S2.ClH/c1-3-23-15(20)9-4-10(6-11(5-9)25(2,21)22)17-14(19)12-8-24-13(7-16)18-12;/h4-6,8H,3,7,16H2,1-2H3,(H,17,19);1H. The van der Waals surface area contributed by atoms with E-state index in [4.69, 9.17) is 10.5 Å². The van der Waals surface area contributed by atoms with Crippen LogP contribution in [0.15, 0.2) is 28.5 Å². The molecule has 0 fully saturated rings. The fraction of sp³-hybridized carbons (Fsp3) is 0.267. The van der Waals surface area contributed by atoms with Gasteiger partial charge in [0.15, 0.2) is 9.84 Å². The maximum atomic E-state index is 12.2. The van der Waals surface area contributed by atoms with Crippen LogP contribution in [0.5, 0.6) is 0 Å². The zero-order valence-corrected chi connectivity index (χ0v) is 16.5. The Morgan fingerprint density at radius 2 is 2.00 bits per heavy atom. The van der Waals surface area contributed by atoms with Crippen molar-refractivity contribution in [3.63, 3.8) is 0 Å². The summed E-state index contributed by atoms with van der Waals surface area (Å²) >= 11 is 1.24. The number of nitrogens with two attached hydrogens (primary N) is 1. The lowest BCUT2D eigenvalue weighted by molar-refractivity contribution is 0.0526. The fourth-order valence-electron chi connectivity index (χ4n) is 1.92. The number of amides is 1. The summed E-state index contributed by atoms with van der Waals surface area (Å²) in [5.41, 5.74) is 5.80. The number of nitrogens with one attached hydrogen (secondary N) is 1. The summed E-state index contributed by atoms with van der Waals surface area (Å²) in [6, 6.07) is 3.82. The summed E-state index contributed by atoms with van der Waals surface area (Å²) in [6.07, 6.45) is 1.01. The van der Waals surface area contributed by atoms with Crippen LogP contribution < -0.4 is 11.1 Å². The third-order valence-electron chi connectivity index (χ3n) is 3.06. The number of carbonyl (C=O) groups is 2. The molecule has 0 radical (unpaired) electrons. The number of carbonyl (C=O) groups excluding carboxylic acids is 2. The SMILES string of the molecule is CCOC(=O)c1cc(NC(=O)c2csc(CN)n2)cc(S(C)(=O)=O)c1.Cl. The van der Waals surface area contributed by atoms with Gasteiger partial charge < -0.3 is 15.8 Å². The van der Waals surface area contributed by atoms with Gasteiger partial charge in [0.25, 0.3) is 5.91 Å². The Kier molecular flexibility index (Phi) is 7.69. The van der Waals surface area contributed by atoms with Gasteiger partial charge in [-0.25, -0.2) is 18.2 Å². The highest BCUT2D eigenvalue weighted by Crippen LogP contribution is 2.21. The van der Waals surface area contributed by atoms with Crippen molar-refractivity contribution in [1.82, 2.24) is 4.98 Å². The van der Waals surface area contributed by atoms with E-state index in [1.54, 1.807) is 12.3 Å². The van der Waals surface area contributed by atoms with Crippen molar-refractivity contribution in [3.05, 3.63) is 39.8 Å². The fourth-order valence-corrected chi connectivity index (χ4v) is 3.26. The summed E-state index contributed by atoms with van der Waals surface area (Å²) < 4.78 is 28.5. The monoisotopic (exact) mass is 419 g/mol. The topological polar surface area (TPSA) is 128 Å². The molecule has 0 bridgehead atoms. The van der Waals surface area contributed by atoms with Crippen LogP contribution in [0.1, 0.15) is 32.8 Å². The minimum absolute atomic E-state index is 0. The molecule has 0 atom stereocenters. The number of hydrogen-bond acceptors (Lipinski definition) is 8. The number of sulfone groups is 1. The average molecular weight is 420 g/mol. The van der Waals surface area contributed by atoms with E-state index in [0.29, 0.717) is 5.01 Å². The van der Waals surface area contributed by atoms with Crippen LogP contribution in [0.2, 0.25) is 0 Å². The highest BCUT2D eigenvalue weighted by Gasteiger charge is 2.17. The lowest BCUT2D eigenvalue weighted by atomic mass is 10.2. The van der Waals surface area contributed by atoms with Crippen LogP contribution in [0, 0.1) is 0 Å². The molecule has 26 heavy (non-hydrogen) atoms. The second-order valence-corrected chi connectivity index (χ2v) is 7.98. The van der Waals surface area contributed by atoms with Crippen LogP contribution in [0.4, 0.5) is 5.69 Å². The summed E-state index contributed by atoms with van der Waals surface area (Å²) in [4.78, 5) is 28.1. The van der Waals surface area contributed by atoms with Crippen LogP contribution in [-0.2, 0) is 21.1 Å². The van der Waals surface area contributed by atoms with Crippen molar-refractivity contribution in [1.29, 1.82) is 0 Å². The predicted octanol–water partition coefficient (Wildman–Crippen LogP) is 1.86. The number of nitrogens with zero attached hydrogens (tertiary/aromatic N) is 1. The minimum Gasteiger partial charge on any atom is -0.462 e. The Hall–Kier alpha value is -2.01. The third-order valence-corrected chi connectivity index (χ3v) is 5.03. The molecule has 8 nitrogen and oxygen atoms in total. The zero-order valence-electron chi connectivity index (χ0n) is 14.0. The number of halogens is 1. The van der Waals surface area contributed by atoms with E-state index in [1.165, 1.54) is 29.5 Å². The quantitative estimate of drug-likeness (QED) is 0.683. The molecule has 3 N–H and O–H groups in total. The molecule has 11 heteroatoms. The first-order chi connectivity index (χ1) is 11.7. The van der Waals surface area contributed by atoms with Crippen molar-refractivity contribution < 1.29 is 22.7 Å². The maximum absolute atomic E-state index is 12.2. The molecule has 0 saturated carbocycles. The van der Waals surface area contributed by atoms with Crippen molar-refractivity contribution in [3.8, 4) is 0 Å². The Bertz CT molecular complexity index is 912. The first-order valence-corrected chi connectivity index (χ1v) is 9.99. The van der Waals surface area contributed by atoms with Crippen LogP contribution in [0.25, 0.3) is 0 Å². The highest BCUT2D eigenvalue weighted by atomic mass is 35.5. The van der Waals surface area contributed by atoms with Gasteiger partial charge in [0.2, 0.25) is 0 Å². The molecule has 1 aromatic carbocycles. The Balaban J connectivity index is 0.00000338. The van der Waals surface area contributed by atoms with Gasteiger partial charge in [0, 0.05) is 23.9 Å². The predicted molar refractivity (Wildman–Crippen MR) is 101 cm³/mol. The lowest BCUT2D eigenvalue weighted by Gasteiger charge is -2.09.